The predicted molar refractivity (Wildman–Crippen MR) is 153 cm³/mol. The quantitative estimate of drug-likeness (QED) is 0.380. The number of amides is 3. The maximum atomic E-state index is 13.9. The van der Waals surface area contributed by atoms with Gasteiger partial charge in [0.1, 0.15) is 10.9 Å². The molecule has 1 heterocycles. The van der Waals surface area contributed by atoms with E-state index in [-0.39, 0.29) is 48.3 Å². The molecule has 0 saturated heterocycles. The van der Waals surface area contributed by atoms with Crippen molar-refractivity contribution in [2.75, 3.05) is 6.54 Å². The molecule has 9 heteroatoms. The summed E-state index contributed by atoms with van der Waals surface area (Å²) in [6.07, 6.45) is 0.755. The lowest BCUT2D eigenvalue weighted by molar-refractivity contribution is -0.141. The Kier molecular flexibility index (Phi) is 9.04. The van der Waals surface area contributed by atoms with Crippen LogP contribution in [0.25, 0.3) is 0 Å². The molecular formula is C31H35N3O5S. The summed E-state index contributed by atoms with van der Waals surface area (Å²) >= 11 is 0. The third-order valence-corrected chi connectivity index (χ3v) is 8.99. The molecule has 1 N–H and O–H groups in total. The van der Waals surface area contributed by atoms with Gasteiger partial charge in [0.25, 0.3) is 15.9 Å². The number of fused-ring (bicyclic) bond motifs is 1. The van der Waals surface area contributed by atoms with Gasteiger partial charge in [0.2, 0.25) is 11.8 Å². The number of aryl methyl sites for hydroxylation is 1. The maximum absolute atomic E-state index is 13.9. The monoisotopic (exact) mass is 561 g/mol. The molecule has 3 aromatic carbocycles. The number of sulfonamides is 1. The number of nitrogens with one attached hydrogen (secondary N) is 1. The smallest absolute Gasteiger partial charge is 0.269 e. The second kappa shape index (κ2) is 12.5. The number of benzene rings is 3. The summed E-state index contributed by atoms with van der Waals surface area (Å²) in [5.41, 5.74) is 2.85. The van der Waals surface area contributed by atoms with Gasteiger partial charge in [-0.25, -0.2) is 12.7 Å². The Morgan fingerprint density at radius 1 is 0.950 bits per heavy atom. The molecule has 40 heavy (non-hydrogen) atoms. The lowest BCUT2D eigenvalue weighted by Crippen LogP contribution is -2.52. The average Bonchev–Trinajstić information content (AvgIpc) is 3.14. The fourth-order valence-electron chi connectivity index (χ4n) is 4.80. The van der Waals surface area contributed by atoms with Crippen molar-refractivity contribution in [1.29, 1.82) is 0 Å². The minimum atomic E-state index is -4.05. The normalized spacial score (nSPS) is 15.3. The van der Waals surface area contributed by atoms with E-state index in [4.69, 9.17) is 0 Å². The van der Waals surface area contributed by atoms with E-state index in [0.29, 0.717) is 0 Å². The molecule has 1 aliphatic heterocycles. The van der Waals surface area contributed by atoms with E-state index in [1.165, 1.54) is 17.0 Å². The second-order valence-corrected chi connectivity index (χ2v) is 12.0. The van der Waals surface area contributed by atoms with Crippen molar-refractivity contribution in [3.63, 3.8) is 0 Å². The summed E-state index contributed by atoms with van der Waals surface area (Å²) in [5, 5.41) is 3.02. The van der Waals surface area contributed by atoms with Gasteiger partial charge in [-0.15, -0.1) is 0 Å². The first-order valence-corrected chi connectivity index (χ1v) is 14.9. The van der Waals surface area contributed by atoms with Crippen molar-refractivity contribution >= 4 is 27.7 Å². The number of rotatable bonds is 11. The Morgan fingerprint density at radius 2 is 1.62 bits per heavy atom. The molecule has 0 fully saturated rings. The zero-order valence-corrected chi connectivity index (χ0v) is 23.9. The lowest BCUT2D eigenvalue weighted by atomic mass is 10.0. The number of carbonyl (C=O) groups excluding carboxylic acids is 3. The van der Waals surface area contributed by atoms with E-state index in [0.717, 1.165) is 27.4 Å². The van der Waals surface area contributed by atoms with E-state index >= 15 is 0 Å². The first-order valence-electron chi connectivity index (χ1n) is 13.5. The molecule has 8 nitrogen and oxygen atoms in total. The van der Waals surface area contributed by atoms with Gasteiger partial charge in [0, 0.05) is 32.0 Å². The SMILES string of the molecule is CC[C@H](C)NC(=O)[C@H](Cc1ccccc1)N(Cc1cccc(C)c1)C(=O)CCN1C(=O)c2ccccc2S1(=O)=O. The summed E-state index contributed by atoms with van der Waals surface area (Å²) in [4.78, 5) is 41.9. The Morgan fingerprint density at radius 3 is 2.30 bits per heavy atom. The summed E-state index contributed by atoms with van der Waals surface area (Å²) < 4.78 is 26.9. The first kappa shape index (κ1) is 29.0. The molecular weight excluding hydrogens is 526 g/mol. The van der Waals surface area contributed by atoms with Crippen LogP contribution in [0.4, 0.5) is 0 Å². The largest absolute Gasteiger partial charge is 0.352 e. The topological polar surface area (TPSA) is 104 Å². The van der Waals surface area contributed by atoms with Crippen LogP contribution in [-0.2, 0) is 32.6 Å². The van der Waals surface area contributed by atoms with Crippen LogP contribution in [0.1, 0.15) is 53.7 Å². The highest BCUT2D eigenvalue weighted by molar-refractivity contribution is 7.90. The Bertz CT molecular complexity index is 1490. The summed E-state index contributed by atoms with van der Waals surface area (Å²) in [6.45, 7) is 5.68. The van der Waals surface area contributed by atoms with Crippen molar-refractivity contribution < 1.29 is 22.8 Å². The fraction of sp³-hybridized carbons (Fsp3) is 0.323. The van der Waals surface area contributed by atoms with Crippen LogP contribution < -0.4 is 5.32 Å². The molecule has 2 atom stereocenters. The zero-order chi connectivity index (χ0) is 28.9. The van der Waals surface area contributed by atoms with Crippen molar-refractivity contribution in [2.45, 2.75) is 63.6 Å². The zero-order valence-electron chi connectivity index (χ0n) is 23.0. The first-order chi connectivity index (χ1) is 19.1. The van der Waals surface area contributed by atoms with E-state index in [1.807, 2.05) is 75.4 Å². The molecule has 0 aromatic heterocycles. The van der Waals surface area contributed by atoms with Gasteiger partial charge in [-0.2, -0.15) is 0 Å². The van der Waals surface area contributed by atoms with Gasteiger partial charge in [-0.1, -0.05) is 79.2 Å². The van der Waals surface area contributed by atoms with Crippen molar-refractivity contribution in [3.05, 3.63) is 101 Å². The number of hydrogen-bond donors (Lipinski definition) is 1. The molecule has 4 rings (SSSR count). The standard InChI is InChI=1S/C31H35N3O5S/c1-4-23(3)32-30(36)27(20-24-12-6-5-7-13-24)33(21-25-14-10-11-22(2)19-25)29(35)17-18-34-31(37)26-15-8-9-16-28(26)40(34,38)39/h5-16,19,23,27H,4,17-18,20-21H2,1-3H3,(H,32,36)/t23-,27-/m0/s1. The molecule has 0 radical (unpaired) electrons. The molecule has 0 bridgehead atoms. The van der Waals surface area contributed by atoms with Crippen LogP contribution >= 0.6 is 0 Å². The van der Waals surface area contributed by atoms with Crippen LogP contribution in [0.2, 0.25) is 0 Å². The molecule has 0 saturated carbocycles. The highest BCUT2D eigenvalue weighted by atomic mass is 32.2. The van der Waals surface area contributed by atoms with Crippen molar-refractivity contribution in [3.8, 4) is 0 Å². The van der Waals surface area contributed by atoms with Gasteiger partial charge in [-0.3, -0.25) is 14.4 Å². The third-order valence-electron chi connectivity index (χ3n) is 7.15. The van der Waals surface area contributed by atoms with E-state index in [2.05, 4.69) is 5.32 Å². The Balaban J connectivity index is 1.64. The highest BCUT2D eigenvalue weighted by Gasteiger charge is 2.41. The predicted octanol–water partition coefficient (Wildman–Crippen LogP) is 4.08. The molecule has 0 unspecified atom stereocenters. The molecule has 1 aliphatic rings. The van der Waals surface area contributed by atoms with Gasteiger partial charge in [0.15, 0.2) is 0 Å². The Labute approximate surface area is 236 Å². The van der Waals surface area contributed by atoms with E-state index < -0.39 is 27.9 Å². The van der Waals surface area contributed by atoms with Crippen LogP contribution in [0.5, 0.6) is 0 Å². The Hall–Kier alpha value is -3.98. The van der Waals surface area contributed by atoms with Gasteiger partial charge >= 0.3 is 0 Å². The third kappa shape index (κ3) is 6.42. The minimum absolute atomic E-state index is 0.0565. The molecule has 0 aliphatic carbocycles. The summed E-state index contributed by atoms with van der Waals surface area (Å²) in [7, 11) is -4.05. The van der Waals surface area contributed by atoms with E-state index in [9.17, 15) is 22.8 Å². The minimum Gasteiger partial charge on any atom is -0.352 e. The van der Waals surface area contributed by atoms with Crippen LogP contribution in [0, 0.1) is 6.92 Å². The van der Waals surface area contributed by atoms with Crippen LogP contribution in [-0.4, -0.2) is 54.0 Å². The average molecular weight is 562 g/mol. The van der Waals surface area contributed by atoms with E-state index in [1.54, 1.807) is 12.1 Å². The van der Waals surface area contributed by atoms with Gasteiger partial charge in [-0.05, 0) is 43.5 Å². The van der Waals surface area contributed by atoms with Gasteiger partial charge < -0.3 is 10.2 Å². The summed E-state index contributed by atoms with van der Waals surface area (Å²) in [5.74, 6) is -1.35. The van der Waals surface area contributed by atoms with Crippen molar-refractivity contribution in [2.24, 2.45) is 0 Å². The van der Waals surface area contributed by atoms with Crippen molar-refractivity contribution in [1.82, 2.24) is 14.5 Å². The van der Waals surface area contributed by atoms with Crippen LogP contribution in [0.3, 0.4) is 0 Å². The molecule has 3 amide bonds. The summed E-state index contributed by atoms with van der Waals surface area (Å²) in [6, 6.07) is 22.3. The van der Waals surface area contributed by atoms with Crippen LogP contribution in [0.15, 0.2) is 83.8 Å². The second-order valence-electron chi connectivity index (χ2n) is 10.2. The number of nitrogens with zero attached hydrogens (tertiary/aromatic N) is 2. The highest BCUT2D eigenvalue weighted by Crippen LogP contribution is 2.30. The van der Waals surface area contributed by atoms with Gasteiger partial charge in [0.05, 0.1) is 5.56 Å². The molecule has 0 spiro atoms. The fourth-order valence-corrected chi connectivity index (χ4v) is 6.36. The lowest BCUT2D eigenvalue weighted by Gasteiger charge is -2.33. The molecule has 210 valence electrons. The molecule has 3 aromatic rings. The number of hydrogen-bond acceptors (Lipinski definition) is 5. The number of carbonyl (C=O) groups is 3. The maximum Gasteiger partial charge on any atom is 0.269 e.